The first-order valence-electron chi connectivity index (χ1n) is 4.63. The number of hydrogen-bond donors (Lipinski definition) is 1. The van der Waals surface area contributed by atoms with Crippen LogP contribution in [0.3, 0.4) is 0 Å². The van der Waals surface area contributed by atoms with Gasteiger partial charge in [0.1, 0.15) is 6.73 Å². The second-order valence-electron chi connectivity index (χ2n) is 3.13. The molecule has 1 heterocycles. The number of nitrogens with one attached hydrogen (secondary N) is 1. The fourth-order valence-corrected chi connectivity index (χ4v) is 1.50. The maximum atomic E-state index is 5.03. The number of methoxy groups -OCH3 is 1. The monoisotopic (exact) mass is 182 g/mol. The molecule has 0 aromatic carbocycles. The number of nitrogens with zero attached hydrogens (tertiary/aromatic N) is 1. The Morgan fingerprint density at radius 2 is 2.38 bits per heavy atom. The summed E-state index contributed by atoms with van der Waals surface area (Å²) < 4.78 is 7.07. The Morgan fingerprint density at radius 3 is 2.92 bits per heavy atom. The van der Waals surface area contributed by atoms with Gasteiger partial charge in [0, 0.05) is 25.5 Å². The van der Waals surface area contributed by atoms with E-state index < -0.39 is 0 Å². The standard InChI is InChI=1S/C10H18N2O/c1-4-10(11-2)9-5-6-12(7-9)8-13-3/h5-7,10-11H,4,8H2,1-3H3. The number of aromatic nitrogens is 1. The van der Waals surface area contributed by atoms with Gasteiger partial charge in [0.15, 0.2) is 0 Å². The van der Waals surface area contributed by atoms with Crippen molar-refractivity contribution in [2.45, 2.75) is 26.1 Å². The Labute approximate surface area is 79.7 Å². The van der Waals surface area contributed by atoms with Gasteiger partial charge in [-0.3, -0.25) is 0 Å². The zero-order valence-corrected chi connectivity index (χ0v) is 8.58. The highest BCUT2D eigenvalue weighted by molar-refractivity contribution is 5.14. The first kappa shape index (κ1) is 10.3. The van der Waals surface area contributed by atoms with Crippen LogP contribution in [0.4, 0.5) is 0 Å². The zero-order chi connectivity index (χ0) is 9.68. The van der Waals surface area contributed by atoms with Crippen molar-refractivity contribution < 1.29 is 4.74 Å². The van der Waals surface area contributed by atoms with Crippen LogP contribution in [0.15, 0.2) is 18.5 Å². The summed E-state index contributed by atoms with van der Waals surface area (Å²) in [5, 5.41) is 3.27. The van der Waals surface area contributed by atoms with Crippen LogP contribution in [0.2, 0.25) is 0 Å². The van der Waals surface area contributed by atoms with Crippen LogP contribution >= 0.6 is 0 Å². The van der Waals surface area contributed by atoms with E-state index in [1.165, 1.54) is 5.56 Å². The van der Waals surface area contributed by atoms with Crippen LogP contribution in [0.25, 0.3) is 0 Å². The molecule has 1 aromatic heterocycles. The van der Waals surface area contributed by atoms with Crippen LogP contribution in [-0.4, -0.2) is 18.7 Å². The van der Waals surface area contributed by atoms with Crippen LogP contribution in [-0.2, 0) is 11.5 Å². The fraction of sp³-hybridized carbons (Fsp3) is 0.600. The van der Waals surface area contributed by atoms with Crippen LogP contribution in [0, 0.1) is 0 Å². The minimum Gasteiger partial charge on any atom is -0.364 e. The summed E-state index contributed by atoms with van der Waals surface area (Å²) in [6, 6.07) is 2.59. The summed E-state index contributed by atoms with van der Waals surface area (Å²) in [5.41, 5.74) is 1.32. The predicted molar refractivity (Wildman–Crippen MR) is 53.5 cm³/mol. The lowest BCUT2D eigenvalue weighted by molar-refractivity contribution is 0.131. The first-order chi connectivity index (χ1) is 6.31. The van der Waals surface area contributed by atoms with Gasteiger partial charge in [-0.05, 0) is 25.1 Å². The molecule has 0 spiro atoms. The molecule has 0 amide bonds. The van der Waals surface area contributed by atoms with Gasteiger partial charge in [-0.2, -0.15) is 0 Å². The molecule has 3 heteroatoms. The highest BCUT2D eigenvalue weighted by Gasteiger charge is 2.06. The van der Waals surface area contributed by atoms with Crippen LogP contribution < -0.4 is 5.32 Å². The molecule has 13 heavy (non-hydrogen) atoms. The lowest BCUT2D eigenvalue weighted by atomic mass is 10.1. The van der Waals surface area contributed by atoms with Crippen molar-refractivity contribution in [3.8, 4) is 0 Å². The molecule has 0 bridgehead atoms. The van der Waals surface area contributed by atoms with E-state index in [9.17, 15) is 0 Å². The van der Waals surface area contributed by atoms with Crippen molar-refractivity contribution in [1.82, 2.24) is 9.88 Å². The molecule has 1 unspecified atom stereocenters. The van der Waals surface area contributed by atoms with Crippen LogP contribution in [0.5, 0.6) is 0 Å². The van der Waals surface area contributed by atoms with E-state index in [4.69, 9.17) is 4.74 Å². The van der Waals surface area contributed by atoms with Gasteiger partial charge >= 0.3 is 0 Å². The fourth-order valence-electron chi connectivity index (χ4n) is 1.50. The van der Waals surface area contributed by atoms with Crippen molar-refractivity contribution in [3.63, 3.8) is 0 Å². The third-order valence-corrected chi connectivity index (χ3v) is 2.21. The molecule has 1 N–H and O–H groups in total. The maximum absolute atomic E-state index is 5.03. The summed E-state index contributed by atoms with van der Waals surface area (Å²) in [5.74, 6) is 0. The second-order valence-corrected chi connectivity index (χ2v) is 3.13. The Balaban J connectivity index is 2.66. The molecule has 0 fully saturated rings. The number of hydrogen-bond acceptors (Lipinski definition) is 2. The molecule has 0 aliphatic rings. The van der Waals surface area contributed by atoms with Gasteiger partial charge in [0.2, 0.25) is 0 Å². The molecule has 3 nitrogen and oxygen atoms in total. The van der Waals surface area contributed by atoms with Gasteiger partial charge in [0.05, 0.1) is 0 Å². The molecule has 1 rings (SSSR count). The van der Waals surface area contributed by atoms with E-state index in [0.717, 1.165) is 6.42 Å². The average molecular weight is 182 g/mol. The van der Waals surface area contributed by atoms with Gasteiger partial charge < -0.3 is 14.6 Å². The van der Waals surface area contributed by atoms with Gasteiger partial charge in [-0.25, -0.2) is 0 Å². The minimum atomic E-state index is 0.457. The highest BCUT2D eigenvalue weighted by atomic mass is 16.5. The summed E-state index contributed by atoms with van der Waals surface area (Å²) in [4.78, 5) is 0. The molecule has 1 atom stereocenters. The van der Waals surface area contributed by atoms with Crippen molar-refractivity contribution in [3.05, 3.63) is 24.0 Å². The molecular formula is C10H18N2O. The highest BCUT2D eigenvalue weighted by Crippen LogP contribution is 2.15. The third kappa shape index (κ3) is 2.57. The third-order valence-electron chi connectivity index (χ3n) is 2.21. The van der Waals surface area contributed by atoms with Gasteiger partial charge in [-0.15, -0.1) is 0 Å². The van der Waals surface area contributed by atoms with Crippen molar-refractivity contribution in [2.24, 2.45) is 0 Å². The Morgan fingerprint density at radius 1 is 1.62 bits per heavy atom. The molecule has 0 aliphatic carbocycles. The Kier molecular flexibility index (Phi) is 3.99. The van der Waals surface area contributed by atoms with Crippen LogP contribution in [0.1, 0.15) is 24.9 Å². The van der Waals surface area contributed by atoms with Crippen molar-refractivity contribution in [2.75, 3.05) is 14.2 Å². The van der Waals surface area contributed by atoms with Gasteiger partial charge in [-0.1, -0.05) is 6.92 Å². The average Bonchev–Trinajstić information content (AvgIpc) is 2.56. The van der Waals surface area contributed by atoms with Gasteiger partial charge in [0.25, 0.3) is 0 Å². The van der Waals surface area contributed by atoms with E-state index in [1.807, 2.05) is 17.8 Å². The lowest BCUT2D eigenvalue weighted by Crippen LogP contribution is -2.14. The lowest BCUT2D eigenvalue weighted by Gasteiger charge is -2.11. The SMILES string of the molecule is CCC(NC)c1ccn(COC)c1. The zero-order valence-electron chi connectivity index (χ0n) is 8.58. The smallest absolute Gasteiger partial charge is 0.121 e. The summed E-state index contributed by atoms with van der Waals surface area (Å²) >= 11 is 0. The van der Waals surface area contributed by atoms with E-state index in [-0.39, 0.29) is 0 Å². The maximum Gasteiger partial charge on any atom is 0.121 e. The summed E-state index contributed by atoms with van der Waals surface area (Å²) in [7, 11) is 3.69. The van der Waals surface area contributed by atoms with E-state index in [2.05, 4.69) is 24.5 Å². The topological polar surface area (TPSA) is 26.2 Å². The minimum absolute atomic E-state index is 0.457. The van der Waals surface area contributed by atoms with Crippen molar-refractivity contribution >= 4 is 0 Å². The quantitative estimate of drug-likeness (QED) is 0.751. The molecule has 74 valence electrons. The summed E-state index contributed by atoms with van der Waals surface area (Å²) in [6.45, 7) is 2.80. The summed E-state index contributed by atoms with van der Waals surface area (Å²) in [6.07, 6.45) is 5.26. The number of rotatable bonds is 5. The van der Waals surface area contributed by atoms with E-state index in [1.54, 1.807) is 7.11 Å². The van der Waals surface area contributed by atoms with Crippen molar-refractivity contribution in [1.29, 1.82) is 0 Å². The first-order valence-corrected chi connectivity index (χ1v) is 4.63. The van der Waals surface area contributed by atoms with E-state index >= 15 is 0 Å². The molecular weight excluding hydrogens is 164 g/mol. The van der Waals surface area contributed by atoms with E-state index in [0.29, 0.717) is 12.8 Å². The molecule has 0 aliphatic heterocycles. The predicted octanol–water partition coefficient (Wildman–Crippen LogP) is 1.76. The molecule has 0 saturated heterocycles. The molecule has 1 aromatic rings. The second kappa shape index (κ2) is 5.04. The normalized spacial score (nSPS) is 13.2. The largest absolute Gasteiger partial charge is 0.364 e. The Hall–Kier alpha value is -0.800. The Bertz CT molecular complexity index is 241. The molecule has 0 saturated carbocycles. The number of ether oxygens (including phenoxy) is 1. The molecule has 0 radical (unpaired) electrons.